The van der Waals surface area contributed by atoms with E-state index < -0.39 is 34.1 Å². The molecular formula is C24H31BrClN3O4S. The standard InChI is InChI=1S/C24H31BrClN3O4S/c1-16-13-19(11-12-20(16)25)29(34(6,32)33)15-22(30)28(14-18-9-7-8-10-21(18)26)17(2)23(31)27-24(3,4)5/h7-13,17H,14-15H2,1-6H3,(H,27,31). The van der Waals surface area contributed by atoms with Crippen molar-refractivity contribution in [3.8, 4) is 0 Å². The Morgan fingerprint density at radius 2 is 1.76 bits per heavy atom. The maximum atomic E-state index is 13.5. The molecule has 7 nitrogen and oxygen atoms in total. The lowest BCUT2D eigenvalue weighted by atomic mass is 10.1. The molecule has 0 saturated heterocycles. The molecule has 0 bridgehead atoms. The number of amides is 2. The lowest BCUT2D eigenvalue weighted by Gasteiger charge is -2.33. The van der Waals surface area contributed by atoms with Crippen molar-refractivity contribution in [1.29, 1.82) is 0 Å². The highest BCUT2D eigenvalue weighted by Gasteiger charge is 2.31. The minimum Gasteiger partial charge on any atom is -0.350 e. The van der Waals surface area contributed by atoms with Gasteiger partial charge in [-0.3, -0.25) is 13.9 Å². The van der Waals surface area contributed by atoms with Gasteiger partial charge < -0.3 is 10.2 Å². The number of hydrogen-bond acceptors (Lipinski definition) is 4. The van der Waals surface area contributed by atoms with E-state index in [0.29, 0.717) is 16.3 Å². The summed E-state index contributed by atoms with van der Waals surface area (Å²) in [5, 5.41) is 3.33. The normalized spacial score (nSPS) is 12.7. The van der Waals surface area contributed by atoms with Gasteiger partial charge in [0.2, 0.25) is 21.8 Å². The Balaban J connectivity index is 2.44. The fourth-order valence-corrected chi connectivity index (χ4v) is 4.55. The molecule has 0 aliphatic carbocycles. The van der Waals surface area contributed by atoms with Crippen LogP contribution in [0.3, 0.4) is 0 Å². The molecule has 2 rings (SSSR count). The number of hydrogen-bond donors (Lipinski definition) is 1. The van der Waals surface area contributed by atoms with Gasteiger partial charge in [-0.25, -0.2) is 8.42 Å². The van der Waals surface area contributed by atoms with Crippen LogP contribution in [0, 0.1) is 6.92 Å². The van der Waals surface area contributed by atoms with Gasteiger partial charge in [0.05, 0.1) is 11.9 Å². The molecule has 0 spiro atoms. The summed E-state index contributed by atoms with van der Waals surface area (Å²) in [5.41, 5.74) is 1.34. The van der Waals surface area contributed by atoms with Gasteiger partial charge in [-0.1, -0.05) is 45.7 Å². The number of sulfonamides is 1. The Morgan fingerprint density at radius 3 is 2.29 bits per heavy atom. The third-order valence-corrected chi connectivity index (χ3v) is 7.47. The number of nitrogens with zero attached hydrogens (tertiary/aromatic N) is 2. The maximum Gasteiger partial charge on any atom is 0.244 e. The fraction of sp³-hybridized carbons (Fsp3) is 0.417. The van der Waals surface area contributed by atoms with Crippen LogP contribution in [-0.4, -0.2) is 49.5 Å². The molecule has 10 heteroatoms. The topological polar surface area (TPSA) is 86.8 Å². The van der Waals surface area contributed by atoms with Crippen molar-refractivity contribution < 1.29 is 18.0 Å². The number of carbonyl (C=O) groups is 2. The first kappa shape index (κ1) is 28.1. The molecule has 2 aromatic rings. The Kier molecular flexibility index (Phi) is 9.18. The Morgan fingerprint density at radius 1 is 1.15 bits per heavy atom. The van der Waals surface area contributed by atoms with Gasteiger partial charge in [-0.2, -0.15) is 0 Å². The smallest absolute Gasteiger partial charge is 0.244 e. The van der Waals surface area contributed by atoms with Crippen molar-refractivity contribution in [3.05, 3.63) is 63.1 Å². The number of rotatable bonds is 8. The van der Waals surface area contributed by atoms with Gasteiger partial charge in [0, 0.05) is 21.6 Å². The minimum atomic E-state index is -3.79. The van der Waals surface area contributed by atoms with Crippen LogP contribution in [0.15, 0.2) is 46.9 Å². The lowest BCUT2D eigenvalue weighted by Crippen LogP contribution is -2.54. The number of halogens is 2. The van der Waals surface area contributed by atoms with Crippen molar-refractivity contribution in [2.24, 2.45) is 0 Å². The molecule has 0 aliphatic heterocycles. The first-order valence-electron chi connectivity index (χ1n) is 10.7. The van der Waals surface area contributed by atoms with Gasteiger partial charge in [-0.05, 0) is 70.0 Å². The summed E-state index contributed by atoms with van der Waals surface area (Å²) in [4.78, 5) is 27.8. The predicted molar refractivity (Wildman–Crippen MR) is 140 cm³/mol. The highest BCUT2D eigenvalue weighted by atomic mass is 79.9. The minimum absolute atomic E-state index is 0.0498. The summed E-state index contributed by atoms with van der Waals surface area (Å²) in [5.74, 6) is -0.874. The van der Waals surface area contributed by atoms with Gasteiger partial charge >= 0.3 is 0 Å². The summed E-state index contributed by atoms with van der Waals surface area (Å²) in [6.45, 7) is 8.58. The van der Waals surface area contributed by atoms with E-state index in [1.807, 2.05) is 27.7 Å². The Labute approximate surface area is 215 Å². The van der Waals surface area contributed by atoms with Crippen LogP contribution < -0.4 is 9.62 Å². The molecule has 0 heterocycles. The van der Waals surface area contributed by atoms with Crippen LogP contribution in [0.5, 0.6) is 0 Å². The molecule has 0 aliphatic rings. The van der Waals surface area contributed by atoms with Crippen LogP contribution in [0.1, 0.15) is 38.8 Å². The number of benzene rings is 2. The molecule has 1 atom stereocenters. The Hall–Kier alpha value is -2.10. The van der Waals surface area contributed by atoms with Crippen molar-refractivity contribution in [1.82, 2.24) is 10.2 Å². The zero-order valence-corrected chi connectivity index (χ0v) is 23.4. The van der Waals surface area contributed by atoms with Crippen LogP contribution in [-0.2, 0) is 26.2 Å². The van der Waals surface area contributed by atoms with E-state index in [2.05, 4.69) is 21.2 Å². The third-order valence-electron chi connectivity index (χ3n) is 5.07. The first-order valence-corrected chi connectivity index (χ1v) is 13.7. The third kappa shape index (κ3) is 7.71. The van der Waals surface area contributed by atoms with E-state index in [9.17, 15) is 18.0 Å². The number of carbonyl (C=O) groups excluding carboxylic acids is 2. The number of aryl methyl sites for hydroxylation is 1. The monoisotopic (exact) mass is 571 g/mol. The van der Waals surface area contributed by atoms with Crippen LogP contribution in [0.2, 0.25) is 5.02 Å². The summed E-state index contributed by atoms with van der Waals surface area (Å²) in [7, 11) is -3.79. The molecule has 186 valence electrons. The molecule has 0 saturated carbocycles. The van der Waals surface area contributed by atoms with Crippen LogP contribution >= 0.6 is 27.5 Å². The molecule has 2 amide bonds. The SMILES string of the molecule is Cc1cc(N(CC(=O)N(Cc2ccccc2Cl)C(C)C(=O)NC(C)(C)C)S(C)(=O)=O)ccc1Br. The molecular weight excluding hydrogens is 542 g/mol. The van der Waals surface area contributed by atoms with E-state index in [-0.39, 0.29) is 12.5 Å². The van der Waals surface area contributed by atoms with E-state index >= 15 is 0 Å². The highest BCUT2D eigenvalue weighted by molar-refractivity contribution is 9.10. The molecule has 1 N–H and O–H groups in total. The van der Waals surface area contributed by atoms with Gasteiger partial charge in [0.15, 0.2) is 0 Å². The second-order valence-corrected chi connectivity index (χ2v) is 12.4. The average Bonchev–Trinajstić information content (AvgIpc) is 2.70. The zero-order chi connectivity index (χ0) is 25.8. The fourth-order valence-electron chi connectivity index (χ4n) is 3.26. The van der Waals surface area contributed by atoms with Crippen molar-refractivity contribution in [2.75, 3.05) is 17.1 Å². The van der Waals surface area contributed by atoms with E-state index in [0.717, 1.165) is 20.6 Å². The van der Waals surface area contributed by atoms with Gasteiger partial charge in [-0.15, -0.1) is 0 Å². The van der Waals surface area contributed by atoms with Gasteiger partial charge in [0.25, 0.3) is 0 Å². The average molecular weight is 573 g/mol. The molecule has 1 unspecified atom stereocenters. The molecule has 0 fully saturated rings. The van der Waals surface area contributed by atoms with Crippen molar-refractivity contribution in [3.63, 3.8) is 0 Å². The van der Waals surface area contributed by atoms with E-state index in [1.54, 1.807) is 49.4 Å². The van der Waals surface area contributed by atoms with Crippen molar-refractivity contribution >= 4 is 55.1 Å². The highest BCUT2D eigenvalue weighted by Crippen LogP contribution is 2.25. The molecule has 0 aromatic heterocycles. The van der Waals surface area contributed by atoms with Crippen LogP contribution in [0.4, 0.5) is 5.69 Å². The van der Waals surface area contributed by atoms with E-state index in [4.69, 9.17) is 11.6 Å². The second-order valence-electron chi connectivity index (χ2n) is 9.23. The summed E-state index contributed by atoms with van der Waals surface area (Å²) < 4.78 is 27.1. The zero-order valence-electron chi connectivity index (χ0n) is 20.2. The van der Waals surface area contributed by atoms with E-state index in [1.165, 1.54) is 4.90 Å². The second kappa shape index (κ2) is 11.1. The first-order chi connectivity index (χ1) is 15.6. The lowest BCUT2D eigenvalue weighted by molar-refractivity contribution is -0.140. The number of nitrogens with one attached hydrogen (secondary N) is 1. The largest absolute Gasteiger partial charge is 0.350 e. The molecule has 2 aromatic carbocycles. The Bertz CT molecular complexity index is 1170. The van der Waals surface area contributed by atoms with Gasteiger partial charge in [0.1, 0.15) is 12.6 Å². The number of anilines is 1. The summed E-state index contributed by atoms with van der Waals surface area (Å²) in [6.07, 6.45) is 1.05. The van der Waals surface area contributed by atoms with Crippen molar-refractivity contribution in [2.45, 2.75) is 52.7 Å². The maximum absolute atomic E-state index is 13.5. The van der Waals surface area contributed by atoms with Crippen LogP contribution in [0.25, 0.3) is 0 Å². The summed E-state index contributed by atoms with van der Waals surface area (Å²) >= 11 is 9.73. The molecule has 34 heavy (non-hydrogen) atoms. The quantitative estimate of drug-likeness (QED) is 0.504. The molecule has 0 radical (unpaired) electrons. The predicted octanol–water partition coefficient (Wildman–Crippen LogP) is 4.51. The summed E-state index contributed by atoms with van der Waals surface area (Å²) in [6, 6.07) is 11.2.